The van der Waals surface area contributed by atoms with Crippen molar-refractivity contribution in [1.29, 1.82) is 0 Å². The first-order valence-corrected chi connectivity index (χ1v) is 7.71. The van der Waals surface area contributed by atoms with Gasteiger partial charge in [0.25, 0.3) is 0 Å². The van der Waals surface area contributed by atoms with Crippen LogP contribution in [-0.4, -0.2) is 20.9 Å². The fourth-order valence-electron chi connectivity index (χ4n) is 1.30. The summed E-state index contributed by atoms with van der Waals surface area (Å²) in [6.45, 7) is 2.30. The SMILES string of the molecule is CCCC[Te]C1C=CCCC1. The molecule has 0 saturated heterocycles. The van der Waals surface area contributed by atoms with Crippen molar-refractivity contribution >= 4 is 20.9 Å². The van der Waals surface area contributed by atoms with Crippen LogP contribution in [0.3, 0.4) is 0 Å². The van der Waals surface area contributed by atoms with Crippen LogP contribution >= 0.6 is 0 Å². The molecule has 0 aromatic heterocycles. The third-order valence-corrected chi connectivity index (χ3v) is 5.88. The van der Waals surface area contributed by atoms with Gasteiger partial charge < -0.3 is 0 Å². The van der Waals surface area contributed by atoms with Gasteiger partial charge in [-0.15, -0.1) is 0 Å². The second kappa shape index (κ2) is 6.09. The molecule has 1 heteroatoms. The van der Waals surface area contributed by atoms with Crippen LogP contribution in [0.25, 0.3) is 0 Å². The fraction of sp³-hybridized carbons (Fsp3) is 0.800. The zero-order valence-corrected chi connectivity index (χ0v) is 9.71. The molecule has 64 valence electrons. The van der Waals surface area contributed by atoms with Crippen LogP contribution in [0.1, 0.15) is 39.0 Å². The first-order chi connectivity index (χ1) is 5.43. The number of rotatable bonds is 4. The third-order valence-electron chi connectivity index (χ3n) is 2.04. The molecule has 1 unspecified atom stereocenters. The average Bonchev–Trinajstić information content (AvgIpc) is 2.07. The first kappa shape index (κ1) is 9.62. The molecule has 0 amide bonds. The van der Waals surface area contributed by atoms with Gasteiger partial charge in [-0.2, -0.15) is 0 Å². The van der Waals surface area contributed by atoms with E-state index in [-0.39, 0.29) is 0 Å². The van der Waals surface area contributed by atoms with E-state index in [1.807, 2.05) is 0 Å². The van der Waals surface area contributed by atoms with E-state index in [2.05, 4.69) is 19.1 Å². The Labute approximate surface area is 80.5 Å². The van der Waals surface area contributed by atoms with E-state index in [9.17, 15) is 0 Å². The number of hydrogen-bond donors (Lipinski definition) is 0. The summed E-state index contributed by atoms with van der Waals surface area (Å²) < 4.78 is 2.62. The molecule has 0 nitrogen and oxygen atoms in total. The summed E-state index contributed by atoms with van der Waals surface area (Å²) in [4.78, 5) is 0. The minimum absolute atomic E-state index is 0.342. The number of unbranched alkanes of at least 4 members (excludes halogenated alkanes) is 1. The van der Waals surface area contributed by atoms with Gasteiger partial charge in [0.05, 0.1) is 0 Å². The maximum absolute atomic E-state index is 2.49. The number of allylic oxidation sites excluding steroid dienone is 2. The summed E-state index contributed by atoms with van der Waals surface area (Å²) in [7, 11) is 0. The zero-order valence-electron chi connectivity index (χ0n) is 7.38. The molecule has 0 N–H and O–H groups in total. The Kier molecular flexibility index (Phi) is 5.32. The van der Waals surface area contributed by atoms with E-state index in [0.29, 0.717) is 20.9 Å². The predicted octanol–water partition coefficient (Wildman–Crippen LogP) is 3.44. The minimum atomic E-state index is 0.342. The molecule has 1 aliphatic carbocycles. The predicted molar refractivity (Wildman–Crippen MR) is 52.2 cm³/mol. The molecule has 0 aromatic rings. The van der Waals surface area contributed by atoms with Gasteiger partial charge in [-0.3, -0.25) is 0 Å². The molecule has 0 bridgehead atoms. The van der Waals surface area contributed by atoms with E-state index in [4.69, 9.17) is 0 Å². The molecule has 0 aromatic carbocycles. The molecule has 1 rings (SSSR count). The Bertz CT molecular complexity index is 118. The molecular formula is C10H18Te. The van der Waals surface area contributed by atoms with Gasteiger partial charge in [0.2, 0.25) is 0 Å². The fourth-order valence-corrected chi connectivity index (χ4v) is 5.05. The molecule has 0 fully saturated rings. The van der Waals surface area contributed by atoms with Crippen LogP contribution in [-0.2, 0) is 0 Å². The monoisotopic (exact) mass is 268 g/mol. The van der Waals surface area contributed by atoms with Crippen molar-refractivity contribution in [3.8, 4) is 0 Å². The van der Waals surface area contributed by atoms with Crippen molar-refractivity contribution in [2.24, 2.45) is 0 Å². The van der Waals surface area contributed by atoms with E-state index >= 15 is 0 Å². The van der Waals surface area contributed by atoms with E-state index in [0.717, 1.165) is 3.97 Å². The standard InChI is InChI=1S/C10H18Te/c1-2-3-9-11-10-7-5-4-6-8-10/h5,7,10H,2-4,6,8-9H2,1H3. The van der Waals surface area contributed by atoms with Crippen molar-refractivity contribution in [2.75, 3.05) is 0 Å². The Morgan fingerprint density at radius 1 is 1.55 bits per heavy atom. The summed E-state index contributed by atoms with van der Waals surface area (Å²) in [6.07, 6.45) is 12.1. The summed E-state index contributed by atoms with van der Waals surface area (Å²) >= 11 is 0.342. The van der Waals surface area contributed by atoms with Crippen LogP contribution < -0.4 is 0 Å². The second-order valence-corrected chi connectivity index (χ2v) is 6.97. The maximum atomic E-state index is 2.49. The Morgan fingerprint density at radius 2 is 2.45 bits per heavy atom. The van der Waals surface area contributed by atoms with Crippen molar-refractivity contribution in [1.82, 2.24) is 0 Å². The van der Waals surface area contributed by atoms with Gasteiger partial charge in [-0.1, -0.05) is 0 Å². The van der Waals surface area contributed by atoms with Gasteiger partial charge in [0, 0.05) is 0 Å². The van der Waals surface area contributed by atoms with Crippen LogP contribution in [0.15, 0.2) is 12.2 Å². The quantitative estimate of drug-likeness (QED) is 0.415. The van der Waals surface area contributed by atoms with Gasteiger partial charge in [0.1, 0.15) is 0 Å². The van der Waals surface area contributed by atoms with Crippen LogP contribution in [0, 0.1) is 0 Å². The molecule has 0 spiro atoms. The Hall–Kier alpha value is 0.530. The molecule has 0 saturated carbocycles. The summed E-state index contributed by atoms with van der Waals surface area (Å²) in [6, 6.07) is 0. The third kappa shape index (κ3) is 4.19. The molecule has 11 heavy (non-hydrogen) atoms. The van der Waals surface area contributed by atoms with E-state index < -0.39 is 0 Å². The van der Waals surface area contributed by atoms with E-state index in [1.165, 1.54) is 32.1 Å². The van der Waals surface area contributed by atoms with Crippen LogP contribution in [0.4, 0.5) is 0 Å². The van der Waals surface area contributed by atoms with Gasteiger partial charge >= 0.3 is 80.5 Å². The molecule has 1 aliphatic rings. The molecule has 0 radical (unpaired) electrons. The molecular weight excluding hydrogens is 248 g/mol. The second-order valence-electron chi connectivity index (χ2n) is 3.12. The normalized spacial score (nSPS) is 23.9. The molecule has 1 atom stereocenters. The van der Waals surface area contributed by atoms with Gasteiger partial charge in [-0.25, -0.2) is 0 Å². The van der Waals surface area contributed by atoms with Gasteiger partial charge in [-0.05, 0) is 0 Å². The topological polar surface area (TPSA) is 0 Å². The van der Waals surface area contributed by atoms with Crippen LogP contribution in [0.5, 0.6) is 0 Å². The van der Waals surface area contributed by atoms with Crippen molar-refractivity contribution in [3.63, 3.8) is 0 Å². The number of hydrogen-bond acceptors (Lipinski definition) is 0. The Morgan fingerprint density at radius 3 is 3.09 bits per heavy atom. The average molecular weight is 266 g/mol. The zero-order chi connectivity index (χ0) is 7.94. The molecule has 0 heterocycles. The van der Waals surface area contributed by atoms with Crippen molar-refractivity contribution in [2.45, 2.75) is 47.5 Å². The van der Waals surface area contributed by atoms with Crippen LogP contribution in [0.2, 0.25) is 8.43 Å². The first-order valence-electron chi connectivity index (χ1n) is 4.71. The molecule has 0 aliphatic heterocycles. The van der Waals surface area contributed by atoms with Crippen molar-refractivity contribution < 1.29 is 0 Å². The van der Waals surface area contributed by atoms with Gasteiger partial charge in [0.15, 0.2) is 0 Å². The summed E-state index contributed by atoms with van der Waals surface area (Å²) in [5.74, 6) is 0. The van der Waals surface area contributed by atoms with E-state index in [1.54, 1.807) is 4.47 Å². The summed E-state index contributed by atoms with van der Waals surface area (Å²) in [5.41, 5.74) is 0. The van der Waals surface area contributed by atoms with Crippen molar-refractivity contribution in [3.05, 3.63) is 12.2 Å². The summed E-state index contributed by atoms with van der Waals surface area (Å²) in [5, 5.41) is 0. The Balaban J connectivity index is 2.05.